The Kier molecular flexibility index (Phi) is 6.62. The molecule has 0 saturated carbocycles. The average Bonchev–Trinajstić information content (AvgIpc) is 3.18. The molecule has 0 spiro atoms. The van der Waals surface area contributed by atoms with Crippen LogP contribution in [0.2, 0.25) is 5.02 Å². The van der Waals surface area contributed by atoms with Crippen molar-refractivity contribution < 1.29 is 13.2 Å². The molecule has 0 aliphatic heterocycles. The van der Waals surface area contributed by atoms with E-state index in [1.807, 2.05) is 19.9 Å². The molecule has 0 fully saturated rings. The number of hydrogen-bond acceptors (Lipinski definition) is 7. The van der Waals surface area contributed by atoms with E-state index in [-0.39, 0.29) is 21.4 Å². The zero-order valence-corrected chi connectivity index (χ0v) is 19.4. The molecule has 32 heavy (non-hydrogen) atoms. The average molecular weight is 473 g/mol. The van der Waals surface area contributed by atoms with E-state index >= 15 is 0 Å². The van der Waals surface area contributed by atoms with Crippen LogP contribution in [0.5, 0.6) is 0 Å². The van der Waals surface area contributed by atoms with Crippen molar-refractivity contribution in [1.82, 2.24) is 25.1 Å². The number of nitrogens with zero attached hydrogens (tertiary/aromatic N) is 5. The number of halogens is 1. The standard InChI is InChI=1S/C21H21ClN6O3S/c1-12(2)19-26-20(28(27-19)18-6-5-14(10-23)11-24-18)13(3)25-21(29)15-7-16(22)9-17(8-15)32(4,30)31/h5-9,11-13H,1-4H3,(H,25,29)/t13-/m0/s1. The fourth-order valence-electron chi connectivity index (χ4n) is 2.86. The van der Waals surface area contributed by atoms with Crippen LogP contribution in [-0.2, 0) is 9.84 Å². The van der Waals surface area contributed by atoms with E-state index in [9.17, 15) is 13.2 Å². The van der Waals surface area contributed by atoms with Crippen LogP contribution in [0.15, 0.2) is 41.4 Å². The SMILES string of the molecule is CC(C)c1nc([C@H](C)NC(=O)c2cc(Cl)cc(S(C)(=O)=O)c2)n(-c2ccc(C#N)cn2)n1. The summed E-state index contributed by atoms with van der Waals surface area (Å²) in [5.74, 6) is 0.959. The lowest BCUT2D eigenvalue weighted by atomic mass is 10.2. The molecule has 0 saturated heterocycles. The van der Waals surface area contributed by atoms with Crippen molar-refractivity contribution in [3.8, 4) is 11.9 Å². The quantitative estimate of drug-likeness (QED) is 0.582. The summed E-state index contributed by atoms with van der Waals surface area (Å²) in [4.78, 5) is 21.6. The summed E-state index contributed by atoms with van der Waals surface area (Å²) in [5.41, 5.74) is 0.514. The van der Waals surface area contributed by atoms with Crippen molar-refractivity contribution in [3.05, 3.63) is 64.3 Å². The van der Waals surface area contributed by atoms with Gasteiger partial charge in [0.2, 0.25) is 0 Å². The van der Waals surface area contributed by atoms with Gasteiger partial charge in [0, 0.05) is 29.0 Å². The van der Waals surface area contributed by atoms with Crippen molar-refractivity contribution in [2.45, 2.75) is 37.6 Å². The summed E-state index contributed by atoms with van der Waals surface area (Å²) in [6, 6.07) is 8.63. The molecular weight excluding hydrogens is 452 g/mol. The fraction of sp³-hybridized carbons (Fsp3) is 0.286. The molecule has 3 aromatic rings. The van der Waals surface area contributed by atoms with Crippen LogP contribution in [0.25, 0.3) is 5.82 Å². The molecule has 0 unspecified atom stereocenters. The van der Waals surface area contributed by atoms with Crippen LogP contribution in [0.4, 0.5) is 0 Å². The molecule has 0 bridgehead atoms. The van der Waals surface area contributed by atoms with E-state index in [4.69, 9.17) is 16.9 Å². The Hall–Kier alpha value is -3.29. The molecular formula is C21H21ClN6O3S. The Balaban J connectivity index is 1.95. The fourth-order valence-corrected chi connectivity index (χ4v) is 3.85. The third-order valence-corrected chi connectivity index (χ3v) is 5.87. The van der Waals surface area contributed by atoms with Crippen LogP contribution < -0.4 is 5.32 Å². The maximum Gasteiger partial charge on any atom is 0.251 e. The second-order valence-corrected chi connectivity index (χ2v) is 10.0. The van der Waals surface area contributed by atoms with Crippen molar-refractivity contribution in [1.29, 1.82) is 5.26 Å². The molecule has 0 radical (unpaired) electrons. The Morgan fingerprint density at radius 3 is 2.50 bits per heavy atom. The molecule has 1 atom stereocenters. The van der Waals surface area contributed by atoms with Crippen molar-refractivity contribution in [3.63, 3.8) is 0 Å². The number of rotatable bonds is 6. The third-order valence-electron chi connectivity index (χ3n) is 4.56. The van der Waals surface area contributed by atoms with E-state index in [1.54, 1.807) is 19.1 Å². The van der Waals surface area contributed by atoms with Gasteiger partial charge in [0.15, 0.2) is 27.3 Å². The van der Waals surface area contributed by atoms with Crippen molar-refractivity contribution in [2.24, 2.45) is 0 Å². The lowest BCUT2D eigenvalue weighted by molar-refractivity contribution is 0.0937. The monoisotopic (exact) mass is 472 g/mol. The zero-order valence-electron chi connectivity index (χ0n) is 17.9. The predicted octanol–water partition coefficient (Wildman–Crippen LogP) is 3.21. The first-order chi connectivity index (χ1) is 15.0. The van der Waals surface area contributed by atoms with Gasteiger partial charge in [-0.05, 0) is 37.3 Å². The van der Waals surface area contributed by atoms with Crippen molar-refractivity contribution in [2.75, 3.05) is 6.26 Å². The minimum Gasteiger partial charge on any atom is -0.342 e. The molecule has 3 rings (SSSR count). The van der Waals surface area contributed by atoms with Gasteiger partial charge in [-0.2, -0.15) is 9.94 Å². The second kappa shape index (κ2) is 9.06. The first kappa shape index (κ1) is 23.4. The summed E-state index contributed by atoms with van der Waals surface area (Å²) >= 11 is 6.02. The van der Waals surface area contributed by atoms with E-state index in [2.05, 4.69) is 20.4 Å². The van der Waals surface area contributed by atoms with Gasteiger partial charge >= 0.3 is 0 Å². The zero-order chi connectivity index (χ0) is 23.6. The minimum absolute atomic E-state index is 0.0292. The molecule has 1 amide bonds. The van der Waals surface area contributed by atoms with Gasteiger partial charge in [0.05, 0.1) is 16.5 Å². The van der Waals surface area contributed by atoms with E-state index in [0.717, 1.165) is 6.26 Å². The largest absolute Gasteiger partial charge is 0.342 e. The van der Waals surface area contributed by atoms with Crippen LogP contribution in [0.3, 0.4) is 0 Å². The van der Waals surface area contributed by atoms with Gasteiger partial charge in [-0.25, -0.2) is 18.4 Å². The Morgan fingerprint density at radius 2 is 1.94 bits per heavy atom. The molecule has 0 aliphatic rings. The topological polar surface area (TPSA) is 131 Å². The molecule has 1 N–H and O–H groups in total. The summed E-state index contributed by atoms with van der Waals surface area (Å²) in [5, 5.41) is 16.4. The number of carbonyl (C=O) groups is 1. The first-order valence-electron chi connectivity index (χ1n) is 9.64. The summed E-state index contributed by atoms with van der Waals surface area (Å²) in [6.07, 6.45) is 2.47. The molecule has 2 heterocycles. The van der Waals surface area contributed by atoms with Crippen LogP contribution in [0.1, 0.15) is 60.3 Å². The third kappa shape index (κ3) is 5.12. The number of carbonyl (C=O) groups excluding carboxylic acids is 1. The van der Waals surface area contributed by atoms with Crippen LogP contribution in [0, 0.1) is 11.3 Å². The lowest BCUT2D eigenvalue weighted by Crippen LogP contribution is -2.29. The minimum atomic E-state index is -3.54. The Morgan fingerprint density at radius 1 is 1.22 bits per heavy atom. The van der Waals surface area contributed by atoms with Gasteiger partial charge in [-0.3, -0.25) is 4.79 Å². The smallest absolute Gasteiger partial charge is 0.251 e. The summed E-state index contributed by atoms with van der Waals surface area (Å²) in [6.45, 7) is 5.61. The second-order valence-electron chi connectivity index (χ2n) is 7.55. The maximum atomic E-state index is 12.9. The van der Waals surface area contributed by atoms with Gasteiger partial charge < -0.3 is 5.32 Å². The van der Waals surface area contributed by atoms with Gasteiger partial charge in [0.1, 0.15) is 6.07 Å². The van der Waals surface area contributed by atoms with E-state index < -0.39 is 21.8 Å². The highest BCUT2D eigenvalue weighted by atomic mass is 35.5. The molecule has 166 valence electrons. The van der Waals surface area contributed by atoms with Crippen LogP contribution >= 0.6 is 11.6 Å². The predicted molar refractivity (Wildman–Crippen MR) is 118 cm³/mol. The highest BCUT2D eigenvalue weighted by molar-refractivity contribution is 7.90. The number of benzene rings is 1. The van der Waals surface area contributed by atoms with Gasteiger partial charge in [-0.15, -0.1) is 5.10 Å². The maximum absolute atomic E-state index is 12.9. The Bertz CT molecular complexity index is 1310. The number of nitrogens with one attached hydrogen (secondary N) is 1. The number of hydrogen-bond donors (Lipinski definition) is 1. The molecule has 9 nitrogen and oxygen atoms in total. The molecule has 1 aromatic carbocycles. The lowest BCUT2D eigenvalue weighted by Gasteiger charge is -2.15. The number of nitriles is 1. The number of pyridine rings is 1. The Labute approximate surface area is 191 Å². The molecule has 0 aliphatic carbocycles. The van der Waals surface area contributed by atoms with Gasteiger partial charge in [0.25, 0.3) is 5.91 Å². The van der Waals surface area contributed by atoms with Crippen LogP contribution in [-0.4, -0.2) is 40.3 Å². The van der Waals surface area contributed by atoms with E-state index in [0.29, 0.717) is 23.0 Å². The molecule has 11 heteroatoms. The molecule has 2 aromatic heterocycles. The number of aromatic nitrogens is 4. The van der Waals surface area contributed by atoms with E-state index in [1.165, 1.54) is 29.1 Å². The number of amides is 1. The summed E-state index contributed by atoms with van der Waals surface area (Å²) < 4.78 is 25.3. The summed E-state index contributed by atoms with van der Waals surface area (Å²) in [7, 11) is -3.54. The first-order valence-corrected chi connectivity index (χ1v) is 11.9. The normalized spacial score (nSPS) is 12.4. The van der Waals surface area contributed by atoms with Gasteiger partial charge in [-0.1, -0.05) is 25.4 Å². The number of sulfone groups is 1. The van der Waals surface area contributed by atoms with Crippen molar-refractivity contribution >= 4 is 27.3 Å². The highest BCUT2D eigenvalue weighted by Gasteiger charge is 2.22. The highest BCUT2D eigenvalue weighted by Crippen LogP contribution is 2.22.